The van der Waals surface area contributed by atoms with Gasteiger partial charge in [-0.25, -0.2) is 0 Å². The minimum absolute atomic E-state index is 0.129. The van der Waals surface area contributed by atoms with E-state index in [4.69, 9.17) is 9.26 Å². The number of aryl methyl sites for hydroxylation is 1. The number of carbonyl (C=O) groups is 1. The number of nitrogens with zero attached hydrogens (tertiary/aromatic N) is 3. The molecule has 1 N–H and O–H groups in total. The summed E-state index contributed by atoms with van der Waals surface area (Å²) in [4.78, 5) is 20.5. The fourth-order valence-electron chi connectivity index (χ4n) is 2.10. The van der Waals surface area contributed by atoms with E-state index in [0.717, 1.165) is 5.56 Å². The van der Waals surface area contributed by atoms with Crippen LogP contribution in [0.3, 0.4) is 0 Å². The van der Waals surface area contributed by atoms with Crippen molar-refractivity contribution in [3.63, 3.8) is 0 Å². The third-order valence-electron chi connectivity index (χ3n) is 3.23. The van der Waals surface area contributed by atoms with E-state index >= 15 is 0 Å². The molecule has 0 saturated heterocycles. The van der Waals surface area contributed by atoms with Crippen LogP contribution in [0.2, 0.25) is 0 Å². The Labute approximate surface area is 138 Å². The van der Waals surface area contributed by atoms with Crippen molar-refractivity contribution in [2.24, 2.45) is 0 Å². The predicted molar refractivity (Wildman–Crippen MR) is 85.2 cm³/mol. The quantitative estimate of drug-likeness (QED) is 0.748. The number of carbonyl (C=O) groups excluding carboxylic acids is 1. The van der Waals surface area contributed by atoms with Crippen LogP contribution in [0.15, 0.2) is 53.3 Å². The normalized spacial score (nSPS) is 10.4. The maximum absolute atomic E-state index is 12.4. The molecule has 1 amide bonds. The lowest BCUT2D eigenvalue weighted by Gasteiger charge is -2.10. The minimum atomic E-state index is -0.223. The van der Waals surface area contributed by atoms with Crippen molar-refractivity contribution < 1.29 is 14.1 Å². The number of para-hydroxylation sites is 1. The summed E-state index contributed by atoms with van der Waals surface area (Å²) in [5, 5.41) is 6.61. The largest absolute Gasteiger partial charge is 0.485 e. The Balaban J connectivity index is 1.65. The van der Waals surface area contributed by atoms with E-state index in [1.807, 2.05) is 12.1 Å². The van der Waals surface area contributed by atoms with Gasteiger partial charge in [0.15, 0.2) is 6.61 Å². The summed E-state index contributed by atoms with van der Waals surface area (Å²) >= 11 is 0. The van der Waals surface area contributed by atoms with E-state index < -0.39 is 0 Å². The monoisotopic (exact) mass is 324 g/mol. The number of nitrogens with one attached hydrogen (secondary N) is 1. The fraction of sp³-hybridized carbons (Fsp3) is 0.176. The molecule has 0 atom stereocenters. The van der Waals surface area contributed by atoms with E-state index in [1.54, 1.807) is 43.6 Å². The summed E-state index contributed by atoms with van der Waals surface area (Å²) in [5.74, 6) is 1.14. The predicted octanol–water partition coefficient (Wildman–Crippen LogP) is 2.28. The number of pyridine rings is 1. The van der Waals surface area contributed by atoms with Gasteiger partial charge in [0, 0.05) is 25.9 Å². The molecular formula is C17H16N4O3. The zero-order valence-electron chi connectivity index (χ0n) is 13.1. The number of benzene rings is 1. The Kier molecular flexibility index (Phi) is 4.81. The van der Waals surface area contributed by atoms with Crippen LogP contribution in [0.5, 0.6) is 5.75 Å². The number of aromatic nitrogens is 3. The first-order chi connectivity index (χ1) is 11.7. The van der Waals surface area contributed by atoms with Crippen LogP contribution in [0.4, 0.5) is 0 Å². The third kappa shape index (κ3) is 3.95. The lowest BCUT2D eigenvalue weighted by molar-refractivity contribution is 0.0946. The number of ether oxygens (including phenoxy) is 1. The molecule has 122 valence electrons. The molecule has 1 aromatic carbocycles. The maximum atomic E-state index is 12.4. The van der Waals surface area contributed by atoms with E-state index in [2.05, 4.69) is 20.4 Å². The molecule has 0 unspecified atom stereocenters. The van der Waals surface area contributed by atoms with Crippen molar-refractivity contribution in [2.45, 2.75) is 20.1 Å². The van der Waals surface area contributed by atoms with Crippen molar-refractivity contribution in [2.75, 3.05) is 0 Å². The molecule has 3 rings (SSSR count). The summed E-state index contributed by atoms with van der Waals surface area (Å²) < 4.78 is 10.5. The van der Waals surface area contributed by atoms with E-state index in [0.29, 0.717) is 29.6 Å². The second kappa shape index (κ2) is 7.36. The summed E-state index contributed by atoms with van der Waals surface area (Å²) in [6, 6.07) is 10.7. The standard InChI is InChI=1S/C17H16N4O3/c1-12-20-16(21-24-12)11-23-15-7-3-2-6-14(15)17(22)19-10-13-5-4-8-18-9-13/h2-9H,10-11H2,1H3,(H,19,22). The molecule has 24 heavy (non-hydrogen) atoms. The molecule has 0 radical (unpaired) electrons. The van der Waals surface area contributed by atoms with Crippen LogP contribution in [0, 0.1) is 6.92 Å². The Morgan fingerprint density at radius 1 is 1.25 bits per heavy atom. The second-order valence-electron chi connectivity index (χ2n) is 5.06. The summed E-state index contributed by atoms with van der Waals surface area (Å²) in [6.45, 7) is 2.23. The highest BCUT2D eigenvalue weighted by molar-refractivity contribution is 5.96. The van der Waals surface area contributed by atoms with Gasteiger partial charge in [0.2, 0.25) is 11.7 Å². The van der Waals surface area contributed by atoms with E-state index in [9.17, 15) is 4.79 Å². The van der Waals surface area contributed by atoms with Crippen LogP contribution in [0.25, 0.3) is 0 Å². The van der Waals surface area contributed by atoms with E-state index in [1.165, 1.54) is 0 Å². The van der Waals surface area contributed by atoms with E-state index in [-0.39, 0.29) is 12.5 Å². The fourth-order valence-corrected chi connectivity index (χ4v) is 2.10. The molecule has 3 aromatic rings. The molecule has 7 nitrogen and oxygen atoms in total. The third-order valence-corrected chi connectivity index (χ3v) is 3.23. The van der Waals surface area contributed by atoms with Gasteiger partial charge in [-0.1, -0.05) is 23.4 Å². The molecular weight excluding hydrogens is 308 g/mol. The van der Waals surface area contributed by atoms with Crippen LogP contribution >= 0.6 is 0 Å². The Hall–Kier alpha value is -3.22. The average Bonchev–Trinajstić information content (AvgIpc) is 3.04. The van der Waals surface area contributed by atoms with Crippen molar-refractivity contribution in [1.82, 2.24) is 20.4 Å². The van der Waals surface area contributed by atoms with Crippen molar-refractivity contribution in [3.05, 3.63) is 71.6 Å². The van der Waals surface area contributed by atoms with Crippen LogP contribution in [-0.2, 0) is 13.2 Å². The number of amides is 1. The molecule has 0 spiro atoms. The van der Waals surface area contributed by atoms with Crippen LogP contribution in [-0.4, -0.2) is 21.0 Å². The highest BCUT2D eigenvalue weighted by atomic mass is 16.5. The highest BCUT2D eigenvalue weighted by Crippen LogP contribution is 2.19. The molecule has 2 heterocycles. The topological polar surface area (TPSA) is 90.1 Å². The molecule has 0 aliphatic carbocycles. The van der Waals surface area contributed by atoms with Crippen molar-refractivity contribution >= 4 is 5.91 Å². The van der Waals surface area contributed by atoms with Crippen LogP contribution in [0.1, 0.15) is 27.6 Å². The molecule has 0 bridgehead atoms. The Bertz CT molecular complexity index is 817. The summed E-state index contributed by atoms with van der Waals surface area (Å²) in [6.07, 6.45) is 3.40. The van der Waals surface area contributed by atoms with Gasteiger partial charge in [0.05, 0.1) is 5.56 Å². The van der Waals surface area contributed by atoms with Gasteiger partial charge < -0.3 is 14.6 Å². The van der Waals surface area contributed by atoms with Gasteiger partial charge in [-0.15, -0.1) is 0 Å². The second-order valence-corrected chi connectivity index (χ2v) is 5.06. The zero-order chi connectivity index (χ0) is 16.8. The Morgan fingerprint density at radius 2 is 2.12 bits per heavy atom. The first kappa shape index (κ1) is 15.7. The minimum Gasteiger partial charge on any atom is -0.485 e. The number of rotatable bonds is 6. The van der Waals surface area contributed by atoms with Crippen molar-refractivity contribution in [3.8, 4) is 5.75 Å². The Morgan fingerprint density at radius 3 is 2.88 bits per heavy atom. The van der Waals surface area contributed by atoms with Gasteiger partial charge in [-0.2, -0.15) is 4.98 Å². The average molecular weight is 324 g/mol. The smallest absolute Gasteiger partial charge is 0.255 e. The molecule has 0 fully saturated rings. The van der Waals surface area contributed by atoms with Crippen molar-refractivity contribution in [1.29, 1.82) is 0 Å². The number of hydrogen-bond donors (Lipinski definition) is 1. The summed E-state index contributed by atoms with van der Waals surface area (Å²) in [7, 11) is 0. The van der Waals surface area contributed by atoms with Gasteiger partial charge in [0.1, 0.15) is 5.75 Å². The lowest BCUT2D eigenvalue weighted by Crippen LogP contribution is -2.23. The molecule has 0 saturated carbocycles. The summed E-state index contributed by atoms with van der Waals surface area (Å²) in [5.41, 5.74) is 1.37. The zero-order valence-corrected chi connectivity index (χ0v) is 13.1. The highest BCUT2D eigenvalue weighted by Gasteiger charge is 2.13. The van der Waals surface area contributed by atoms with Gasteiger partial charge in [-0.05, 0) is 23.8 Å². The van der Waals surface area contributed by atoms with Gasteiger partial charge in [-0.3, -0.25) is 9.78 Å². The molecule has 0 aliphatic rings. The molecule has 2 aromatic heterocycles. The lowest BCUT2D eigenvalue weighted by atomic mass is 10.2. The van der Waals surface area contributed by atoms with Gasteiger partial charge in [0.25, 0.3) is 5.91 Å². The first-order valence-electron chi connectivity index (χ1n) is 7.40. The molecule has 7 heteroatoms. The SMILES string of the molecule is Cc1nc(COc2ccccc2C(=O)NCc2cccnc2)no1. The maximum Gasteiger partial charge on any atom is 0.255 e. The first-order valence-corrected chi connectivity index (χ1v) is 7.40. The number of hydrogen-bond acceptors (Lipinski definition) is 6. The van der Waals surface area contributed by atoms with Crippen LogP contribution < -0.4 is 10.1 Å². The van der Waals surface area contributed by atoms with Gasteiger partial charge >= 0.3 is 0 Å². The molecule has 0 aliphatic heterocycles.